The minimum Gasteiger partial charge on any atom is -0.493 e. The molecule has 0 heterocycles. The van der Waals surface area contributed by atoms with Crippen LogP contribution in [0.25, 0.3) is 0 Å². The maximum absolute atomic E-state index is 12.7. The van der Waals surface area contributed by atoms with E-state index in [2.05, 4.69) is 10.5 Å². The highest BCUT2D eigenvalue weighted by Gasteiger charge is 2.12. The van der Waals surface area contributed by atoms with E-state index in [0.717, 1.165) is 11.1 Å². The Hall–Kier alpha value is -4.20. The van der Waals surface area contributed by atoms with E-state index in [9.17, 15) is 4.79 Å². The average Bonchev–Trinajstić information content (AvgIpc) is 2.97. The van der Waals surface area contributed by atoms with Crippen LogP contribution in [0.5, 0.6) is 23.0 Å². The van der Waals surface area contributed by atoms with Crippen molar-refractivity contribution in [1.29, 1.82) is 0 Å². The van der Waals surface area contributed by atoms with Crippen LogP contribution < -0.4 is 24.4 Å². The number of halogens is 2. The zero-order chi connectivity index (χ0) is 28.3. The van der Waals surface area contributed by atoms with Gasteiger partial charge in [0.15, 0.2) is 23.0 Å². The number of carbonyl (C=O) groups is 1. The first kappa shape index (κ1) is 28.8. The molecule has 0 aliphatic heterocycles. The summed E-state index contributed by atoms with van der Waals surface area (Å²) in [4.78, 5) is 12.7. The Labute approximate surface area is 243 Å². The topological polar surface area (TPSA) is 78.4 Å². The minimum absolute atomic E-state index is 0.249. The highest BCUT2D eigenvalue weighted by atomic mass is 35.5. The number of ether oxygens (including phenoxy) is 4. The van der Waals surface area contributed by atoms with E-state index in [1.807, 2.05) is 43.3 Å². The summed E-state index contributed by atoms with van der Waals surface area (Å²) in [5.74, 6) is 1.68. The quantitative estimate of drug-likeness (QED) is 0.141. The van der Waals surface area contributed by atoms with Crippen molar-refractivity contribution in [3.05, 3.63) is 117 Å². The van der Waals surface area contributed by atoms with Crippen LogP contribution >= 0.6 is 23.2 Å². The lowest BCUT2D eigenvalue weighted by Gasteiger charge is -2.13. The van der Waals surface area contributed by atoms with E-state index in [0.29, 0.717) is 57.4 Å². The molecule has 9 heteroatoms. The van der Waals surface area contributed by atoms with E-state index in [1.165, 1.54) is 13.3 Å². The summed E-state index contributed by atoms with van der Waals surface area (Å²) in [7, 11) is 1.53. The highest BCUT2D eigenvalue weighted by molar-refractivity contribution is 6.35. The first-order valence-electron chi connectivity index (χ1n) is 12.5. The van der Waals surface area contributed by atoms with Crippen molar-refractivity contribution in [1.82, 2.24) is 5.43 Å². The summed E-state index contributed by atoms with van der Waals surface area (Å²) >= 11 is 12.2. The van der Waals surface area contributed by atoms with Gasteiger partial charge in [-0.2, -0.15) is 5.10 Å². The second-order valence-electron chi connectivity index (χ2n) is 8.50. The van der Waals surface area contributed by atoms with Crippen LogP contribution in [-0.2, 0) is 13.2 Å². The summed E-state index contributed by atoms with van der Waals surface area (Å²) in [6.45, 7) is 2.96. The van der Waals surface area contributed by atoms with Crippen LogP contribution in [0.1, 0.15) is 34.0 Å². The summed E-state index contributed by atoms with van der Waals surface area (Å²) in [6.07, 6.45) is 1.52. The Bertz CT molecular complexity index is 1480. The molecule has 0 bridgehead atoms. The standard InChI is InChI=1S/C31H28Cl2N2O5/c1-3-38-30-15-22(9-13-28(30)40-20-24-10-12-25(32)17-26(24)33)18-34-35-31(36)23-11-14-27(29(16-23)37-2)39-19-21-7-5-4-6-8-21/h4-18H,3,19-20H2,1-2H3,(H,35,36)/b34-18+. The summed E-state index contributed by atoms with van der Waals surface area (Å²) in [6, 6.07) is 25.3. The Morgan fingerprint density at radius 3 is 2.33 bits per heavy atom. The Morgan fingerprint density at radius 2 is 1.57 bits per heavy atom. The molecule has 0 aliphatic rings. The van der Waals surface area contributed by atoms with Gasteiger partial charge in [-0.25, -0.2) is 5.43 Å². The van der Waals surface area contributed by atoms with Crippen molar-refractivity contribution in [2.75, 3.05) is 13.7 Å². The zero-order valence-electron chi connectivity index (χ0n) is 22.0. The first-order valence-corrected chi connectivity index (χ1v) is 13.2. The molecule has 0 saturated heterocycles. The molecule has 4 rings (SSSR count). The van der Waals surface area contributed by atoms with Crippen LogP contribution in [0.15, 0.2) is 90.0 Å². The van der Waals surface area contributed by atoms with Crippen molar-refractivity contribution in [2.45, 2.75) is 20.1 Å². The van der Waals surface area contributed by atoms with Crippen LogP contribution in [0.4, 0.5) is 0 Å². The molecule has 7 nitrogen and oxygen atoms in total. The molecule has 0 spiro atoms. The fourth-order valence-electron chi connectivity index (χ4n) is 3.68. The molecular formula is C31H28Cl2N2O5. The van der Waals surface area contributed by atoms with Crippen LogP contribution in [0, 0.1) is 0 Å². The fraction of sp³-hybridized carbons (Fsp3) is 0.161. The molecule has 0 radical (unpaired) electrons. The molecule has 0 aliphatic carbocycles. The first-order chi connectivity index (χ1) is 19.5. The number of methoxy groups -OCH3 is 1. The average molecular weight is 579 g/mol. The van der Waals surface area contributed by atoms with E-state index >= 15 is 0 Å². The van der Waals surface area contributed by atoms with Gasteiger partial charge in [0.25, 0.3) is 5.91 Å². The van der Waals surface area contributed by atoms with Crippen molar-refractivity contribution in [3.8, 4) is 23.0 Å². The van der Waals surface area contributed by atoms with Gasteiger partial charge in [-0.3, -0.25) is 4.79 Å². The molecular weight excluding hydrogens is 551 g/mol. The molecule has 0 aromatic heterocycles. The van der Waals surface area contributed by atoms with Gasteiger partial charge in [0.2, 0.25) is 0 Å². The van der Waals surface area contributed by atoms with Crippen molar-refractivity contribution < 1.29 is 23.7 Å². The monoisotopic (exact) mass is 578 g/mol. The molecule has 0 saturated carbocycles. The van der Waals surface area contributed by atoms with Gasteiger partial charge in [-0.05, 0) is 66.6 Å². The highest BCUT2D eigenvalue weighted by Crippen LogP contribution is 2.31. The Balaban J connectivity index is 1.37. The molecule has 0 unspecified atom stereocenters. The van der Waals surface area contributed by atoms with Gasteiger partial charge < -0.3 is 18.9 Å². The third-order valence-electron chi connectivity index (χ3n) is 5.71. The lowest BCUT2D eigenvalue weighted by Crippen LogP contribution is -2.17. The largest absolute Gasteiger partial charge is 0.493 e. The molecule has 0 atom stereocenters. The number of rotatable bonds is 12. The van der Waals surface area contributed by atoms with E-state index < -0.39 is 5.91 Å². The summed E-state index contributed by atoms with van der Waals surface area (Å²) in [5.41, 5.74) is 5.45. The maximum atomic E-state index is 12.7. The van der Waals surface area contributed by atoms with Crippen LogP contribution in [0.2, 0.25) is 10.0 Å². The molecule has 4 aromatic carbocycles. The number of carbonyl (C=O) groups excluding carboxylic acids is 1. The Kier molecular flexibility index (Phi) is 10.3. The van der Waals surface area contributed by atoms with E-state index in [-0.39, 0.29) is 6.61 Å². The zero-order valence-corrected chi connectivity index (χ0v) is 23.5. The van der Waals surface area contributed by atoms with Gasteiger partial charge in [0, 0.05) is 21.2 Å². The number of hydrogen-bond acceptors (Lipinski definition) is 6. The van der Waals surface area contributed by atoms with E-state index in [1.54, 1.807) is 48.5 Å². The number of hydrazone groups is 1. The number of nitrogens with zero attached hydrogens (tertiary/aromatic N) is 1. The van der Waals surface area contributed by atoms with Crippen molar-refractivity contribution >= 4 is 35.3 Å². The molecule has 40 heavy (non-hydrogen) atoms. The van der Waals surface area contributed by atoms with Gasteiger partial charge in [-0.15, -0.1) is 0 Å². The minimum atomic E-state index is -0.394. The van der Waals surface area contributed by atoms with Gasteiger partial charge in [0.1, 0.15) is 13.2 Å². The second kappa shape index (κ2) is 14.3. The van der Waals surface area contributed by atoms with Crippen LogP contribution in [-0.4, -0.2) is 25.8 Å². The number of hydrogen-bond donors (Lipinski definition) is 1. The molecule has 1 N–H and O–H groups in total. The van der Waals surface area contributed by atoms with E-state index in [4.69, 9.17) is 42.1 Å². The number of nitrogens with one attached hydrogen (secondary N) is 1. The lowest BCUT2D eigenvalue weighted by molar-refractivity contribution is 0.0954. The molecule has 0 fully saturated rings. The van der Waals surface area contributed by atoms with Crippen LogP contribution in [0.3, 0.4) is 0 Å². The predicted molar refractivity (Wildman–Crippen MR) is 157 cm³/mol. The van der Waals surface area contributed by atoms with Gasteiger partial charge in [-0.1, -0.05) is 59.6 Å². The smallest absolute Gasteiger partial charge is 0.271 e. The summed E-state index contributed by atoms with van der Waals surface area (Å²) in [5, 5.41) is 5.18. The predicted octanol–water partition coefficient (Wildman–Crippen LogP) is 7.32. The molecule has 206 valence electrons. The molecule has 1 amide bonds. The third-order valence-corrected chi connectivity index (χ3v) is 6.30. The lowest BCUT2D eigenvalue weighted by atomic mass is 10.2. The fourth-order valence-corrected chi connectivity index (χ4v) is 4.14. The molecule has 4 aromatic rings. The van der Waals surface area contributed by atoms with Crippen molar-refractivity contribution in [2.24, 2.45) is 5.10 Å². The Morgan fingerprint density at radius 1 is 0.825 bits per heavy atom. The number of amides is 1. The second-order valence-corrected chi connectivity index (χ2v) is 9.35. The normalized spacial score (nSPS) is 10.8. The van der Waals surface area contributed by atoms with Gasteiger partial charge in [0.05, 0.1) is 19.9 Å². The van der Waals surface area contributed by atoms with Gasteiger partial charge >= 0.3 is 0 Å². The number of benzene rings is 4. The maximum Gasteiger partial charge on any atom is 0.271 e. The summed E-state index contributed by atoms with van der Waals surface area (Å²) < 4.78 is 23.0. The van der Waals surface area contributed by atoms with Crippen molar-refractivity contribution in [3.63, 3.8) is 0 Å². The third kappa shape index (κ3) is 7.91. The SMILES string of the molecule is CCOc1cc(/C=N/NC(=O)c2ccc(OCc3ccccc3)c(OC)c2)ccc1OCc1ccc(Cl)cc1Cl.